The number of methoxy groups -OCH3 is 1. The van der Waals surface area contributed by atoms with Crippen LogP contribution in [0.3, 0.4) is 0 Å². The van der Waals surface area contributed by atoms with E-state index < -0.39 is 0 Å². The molecule has 0 aromatic carbocycles. The summed E-state index contributed by atoms with van der Waals surface area (Å²) in [6.07, 6.45) is 0. The molecule has 0 radical (unpaired) electrons. The maximum atomic E-state index is 11.0. The van der Waals surface area contributed by atoms with Gasteiger partial charge in [-0.05, 0) is 11.8 Å². The minimum absolute atomic E-state index is 0.224. The molecule has 0 rings (SSSR count). The van der Waals surface area contributed by atoms with Gasteiger partial charge < -0.3 is 15.8 Å². The first kappa shape index (κ1) is 13.4. The first-order chi connectivity index (χ1) is 6.49. The maximum absolute atomic E-state index is 11.0. The van der Waals surface area contributed by atoms with Crippen molar-refractivity contribution in [1.82, 2.24) is 5.32 Å². The summed E-state index contributed by atoms with van der Waals surface area (Å²) in [5.74, 6) is 0.326. The van der Waals surface area contributed by atoms with Crippen LogP contribution in [0.4, 0.5) is 0 Å². The quantitative estimate of drug-likeness (QED) is 0.627. The van der Waals surface area contributed by atoms with Gasteiger partial charge in [-0.1, -0.05) is 20.8 Å². The van der Waals surface area contributed by atoms with E-state index in [0.717, 1.165) is 6.54 Å². The molecule has 0 aromatic heterocycles. The third kappa shape index (κ3) is 5.19. The third-order valence-electron chi connectivity index (χ3n) is 2.11. The largest absolute Gasteiger partial charge is 0.384 e. The zero-order chi connectivity index (χ0) is 11.1. The van der Waals surface area contributed by atoms with Crippen molar-refractivity contribution < 1.29 is 9.53 Å². The number of nitrogens with one attached hydrogen (secondary N) is 1. The minimum Gasteiger partial charge on any atom is -0.384 e. The van der Waals surface area contributed by atoms with Crippen LogP contribution in [0, 0.1) is 11.8 Å². The van der Waals surface area contributed by atoms with E-state index in [1.807, 2.05) is 13.8 Å². The molecule has 4 nitrogen and oxygen atoms in total. The normalized spacial score (nSPS) is 15.5. The second-order valence-electron chi connectivity index (χ2n) is 4.09. The molecular formula is C10H22N2O2. The fourth-order valence-electron chi connectivity index (χ4n) is 1.34. The molecule has 0 aromatic rings. The monoisotopic (exact) mass is 202 g/mol. The summed E-state index contributed by atoms with van der Waals surface area (Å²) in [6, 6.07) is -0.241. The van der Waals surface area contributed by atoms with E-state index in [0.29, 0.717) is 12.5 Å². The Morgan fingerprint density at radius 3 is 2.36 bits per heavy atom. The van der Waals surface area contributed by atoms with Crippen molar-refractivity contribution in [2.45, 2.75) is 26.8 Å². The smallest absolute Gasteiger partial charge is 0.234 e. The van der Waals surface area contributed by atoms with Gasteiger partial charge in [0, 0.05) is 20.3 Å². The molecule has 0 aliphatic rings. The van der Waals surface area contributed by atoms with Crippen LogP contribution in [0.5, 0.6) is 0 Å². The summed E-state index contributed by atoms with van der Waals surface area (Å²) in [6.45, 7) is 7.46. The fourth-order valence-corrected chi connectivity index (χ4v) is 1.34. The molecule has 2 atom stereocenters. The van der Waals surface area contributed by atoms with E-state index in [1.54, 1.807) is 7.11 Å². The molecule has 2 unspecified atom stereocenters. The summed E-state index contributed by atoms with van der Waals surface area (Å²) >= 11 is 0. The van der Waals surface area contributed by atoms with Crippen LogP contribution in [-0.2, 0) is 9.53 Å². The van der Waals surface area contributed by atoms with Crippen molar-refractivity contribution in [2.24, 2.45) is 17.6 Å². The molecule has 84 valence electrons. The Labute approximate surface area is 86.2 Å². The second-order valence-corrected chi connectivity index (χ2v) is 4.09. The molecule has 0 saturated carbocycles. The molecular weight excluding hydrogens is 180 g/mol. The lowest BCUT2D eigenvalue weighted by molar-refractivity contribution is -0.121. The Hall–Kier alpha value is -0.610. The molecule has 0 saturated heterocycles. The highest BCUT2D eigenvalue weighted by Crippen LogP contribution is 2.02. The lowest BCUT2D eigenvalue weighted by atomic mass is 10.0. The molecule has 0 fully saturated rings. The van der Waals surface area contributed by atoms with Crippen molar-refractivity contribution in [3.63, 3.8) is 0 Å². The van der Waals surface area contributed by atoms with Crippen LogP contribution in [0.15, 0.2) is 0 Å². The average molecular weight is 202 g/mol. The molecule has 0 heterocycles. The van der Waals surface area contributed by atoms with Crippen molar-refractivity contribution in [3.05, 3.63) is 0 Å². The summed E-state index contributed by atoms with van der Waals surface area (Å²) in [5, 5.41) is 3.15. The van der Waals surface area contributed by atoms with Crippen LogP contribution in [0.25, 0.3) is 0 Å². The highest BCUT2D eigenvalue weighted by molar-refractivity contribution is 5.80. The van der Waals surface area contributed by atoms with Gasteiger partial charge in [0.05, 0.1) is 6.04 Å². The number of hydrogen-bond acceptors (Lipinski definition) is 3. The highest BCUT2D eigenvalue weighted by Gasteiger charge is 2.19. The molecule has 0 aliphatic heterocycles. The molecule has 4 heteroatoms. The summed E-state index contributed by atoms with van der Waals surface area (Å²) in [4.78, 5) is 11.0. The third-order valence-corrected chi connectivity index (χ3v) is 2.11. The van der Waals surface area contributed by atoms with E-state index >= 15 is 0 Å². The lowest BCUT2D eigenvalue weighted by Crippen LogP contribution is -2.46. The topological polar surface area (TPSA) is 64.3 Å². The van der Waals surface area contributed by atoms with E-state index in [4.69, 9.17) is 10.5 Å². The predicted octanol–water partition coefficient (Wildman–Crippen LogP) is 0.368. The van der Waals surface area contributed by atoms with Gasteiger partial charge in [-0.15, -0.1) is 0 Å². The first-order valence-electron chi connectivity index (χ1n) is 5.00. The Morgan fingerprint density at radius 1 is 1.43 bits per heavy atom. The Morgan fingerprint density at radius 2 is 2.00 bits per heavy atom. The van der Waals surface area contributed by atoms with Gasteiger partial charge in [0.25, 0.3) is 0 Å². The molecule has 0 aliphatic carbocycles. The van der Waals surface area contributed by atoms with E-state index in [-0.39, 0.29) is 17.9 Å². The lowest BCUT2D eigenvalue weighted by Gasteiger charge is -2.21. The minimum atomic E-state index is -0.287. The number of ether oxygens (including phenoxy) is 1. The predicted molar refractivity (Wildman–Crippen MR) is 56.9 cm³/mol. The van der Waals surface area contributed by atoms with Gasteiger partial charge >= 0.3 is 0 Å². The molecule has 0 spiro atoms. The number of amides is 1. The van der Waals surface area contributed by atoms with Gasteiger partial charge in [0.1, 0.15) is 0 Å². The highest BCUT2D eigenvalue weighted by atomic mass is 16.5. The van der Waals surface area contributed by atoms with Crippen molar-refractivity contribution >= 4 is 5.91 Å². The van der Waals surface area contributed by atoms with Crippen LogP contribution in [-0.4, -0.2) is 32.2 Å². The van der Waals surface area contributed by atoms with Gasteiger partial charge in [-0.3, -0.25) is 4.79 Å². The molecule has 0 bridgehead atoms. The van der Waals surface area contributed by atoms with Crippen molar-refractivity contribution in [1.29, 1.82) is 0 Å². The number of nitrogens with two attached hydrogens (primary N) is 1. The van der Waals surface area contributed by atoms with Crippen molar-refractivity contribution in [2.75, 3.05) is 20.3 Å². The van der Waals surface area contributed by atoms with Gasteiger partial charge in [-0.25, -0.2) is 0 Å². The first-order valence-corrected chi connectivity index (χ1v) is 5.00. The molecule has 1 amide bonds. The van der Waals surface area contributed by atoms with E-state index in [2.05, 4.69) is 12.2 Å². The van der Waals surface area contributed by atoms with Crippen LogP contribution >= 0.6 is 0 Å². The fraction of sp³-hybridized carbons (Fsp3) is 0.900. The van der Waals surface area contributed by atoms with E-state index in [1.165, 1.54) is 0 Å². The number of primary amides is 1. The van der Waals surface area contributed by atoms with Gasteiger partial charge in [0.2, 0.25) is 5.91 Å². The van der Waals surface area contributed by atoms with Crippen LogP contribution < -0.4 is 11.1 Å². The number of carbonyl (C=O) groups excluding carboxylic acids is 1. The number of rotatable bonds is 7. The Kier molecular flexibility index (Phi) is 6.49. The molecule has 3 N–H and O–H groups in total. The molecule has 14 heavy (non-hydrogen) atoms. The number of hydrogen-bond donors (Lipinski definition) is 2. The summed E-state index contributed by atoms with van der Waals surface area (Å²) < 4.78 is 5.00. The average Bonchev–Trinajstić information content (AvgIpc) is 2.03. The van der Waals surface area contributed by atoms with Crippen LogP contribution in [0.2, 0.25) is 0 Å². The Bertz CT molecular complexity index is 172. The zero-order valence-corrected chi connectivity index (χ0v) is 9.54. The van der Waals surface area contributed by atoms with Gasteiger partial charge in [-0.2, -0.15) is 0 Å². The zero-order valence-electron chi connectivity index (χ0n) is 9.54. The van der Waals surface area contributed by atoms with E-state index in [9.17, 15) is 4.79 Å². The van der Waals surface area contributed by atoms with Crippen LogP contribution in [0.1, 0.15) is 20.8 Å². The summed E-state index contributed by atoms with van der Waals surface area (Å²) in [7, 11) is 1.67. The van der Waals surface area contributed by atoms with Gasteiger partial charge in [0.15, 0.2) is 0 Å². The standard InChI is InChI=1S/C10H22N2O2/c1-7(2)9(10(11)13)12-5-8(3)6-14-4/h7-9,12H,5-6H2,1-4H3,(H2,11,13). The van der Waals surface area contributed by atoms with Crippen molar-refractivity contribution in [3.8, 4) is 0 Å². The second kappa shape index (κ2) is 6.79. The Balaban J connectivity index is 3.88. The number of carbonyl (C=O) groups is 1. The SMILES string of the molecule is COCC(C)CNC(C(N)=O)C(C)C. The maximum Gasteiger partial charge on any atom is 0.234 e. The summed E-state index contributed by atoms with van der Waals surface area (Å²) in [5.41, 5.74) is 5.27.